The first kappa shape index (κ1) is 14.5. The van der Waals surface area contributed by atoms with Crippen LogP contribution in [0.3, 0.4) is 0 Å². The Labute approximate surface area is 146 Å². The SMILES string of the molecule is Oc1c(Br)cccc1-c1cc2ccc3ccccc3c2nc1Cl. The highest BCUT2D eigenvalue weighted by Gasteiger charge is 2.14. The largest absolute Gasteiger partial charge is 0.506 e. The van der Waals surface area contributed by atoms with Gasteiger partial charge in [-0.05, 0) is 33.4 Å². The third-order valence-corrected chi connectivity index (χ3v) is 4.87. The van der Waals surface area contributed by atoms with Crippen molar-refractivity contribution in [2.45, 2.75) is 0 Å². The van der Waals surface area contributed by atoms with Crippen LogP contribution in [0.1, 0.15) is 0 Å². The number of rotatable bonds is 1. The molecule has 0 saturated heterocycles. The number of phenolic OH excluding ortho intramolecular Hbond substituents is 1. The Balaban J connectivity index is 2.05. The van der Waals surface area contributed by atoms with E-state index in [1.807, 2.05) is 42.5 Å². The summed E-state index contributed by atoms with van der Waals surface area (Å²) >= 11 is 9.76. The molecule has 0 atom stereocenters. The minimum Gasteiger partial charge on any atom is -0.506 e. The molecule has 0 unspecified atom stereocenters. The second-order valence-electron chi connectivity index (χ2n) is 5.32. The highest BCUT2D eigenvalue weighted by molar-refractivity contribution is 9.10. The molecule has 4 rings (SSSR count). The van der Waals surface area contributed by atoms with Gasteiger partial charge in [-0.3, -0.25) is 0 Å². The first-order valence-corrected chi connectivity index (χ1v) is 8.28. The number of pyridine rings is 1. The van der Waals surface area contributed by atoms with E-state index < -0.39 is 0 Å². The van der Waals surface area contributed by atoms with Crippen LogP contribution < -0.4 is 0 Å². The summed E-state index contributed by atoms with van der Waals surface area (Å²) < 4.78 is 0.629. The van der Waals surface area contributed by atoms with Gasteiger partial charge in [0.15, 0.2) is 0 Å². The van der Waals surface area contributed by atoms with E-state index in [1.54, 1.807) is 6.07 Å². The van der Waals surface area contributed by atoms with Gasteiger partial charge >= 0.3 is 0 Å². The zero-order valence-corrected chi connectivity index (χ0v) is 14.3. The highest BCUT2D eigenvalue weighted by Crippen LogP contribution is 2.39. The lowest BCUT2D eigenvalue weighted by molar-refractivity contribution is 0.474. The fourth-order valence-electron chi connectivity index (χ4n) is 2.81. The van der Waals surface area contributed by atoms with Crippen LogP contribution in [0.15, 0.2) is 65.1 Å². The van der Waals surface area contributed by atoms with E-state index in [2.05, 4.69) is 33.0 Å². The molecule has 2 nitrogen and oxygen atoms in total. The van der Waals surface area contributed by atoms with Crippen LogP contribution in [0, 0.1) is 0 Å². The molecule has 1 aromatic heterocycles. The second-order valence-corrected chi connectivity index (χ2v) is 6.53. The van der Waals surface area contributed by atoms with Crippen LogP contribution in [0.4, 0.5) is 0 Å². The van der Waals surface area contributed by atoms with Crippen molar-refractivity contribution in [1.29, 1.82) is 0 Å². The Morgan fingerprint density at radius 2 is 1.65 bits per heavy atom. The summed E-state index contributed by atoms with van der Waals surface area (Å²) in [6, 6.07) is 19.6. The van der Waals surface area contributed by atoms with Gasteiger partial charge in [0.2, 0.25) is 0 Å². The van der Waals surface area contributed by atoms with Crippen LogP contribution >= 0.6 is 27.5 Å². The lowest BCUT2D eigenvalue weighted by atomic mass is 10.0. The van der Waals surface area contributed by atoms with Gasteiger partial charge in [0, 0.05) is 21.9 Å². The number of phenols is 1. The topological polar surface area (TPSA) is 33.1 Å². The smallest absolute Gasteiger partial charge is 0.137 e. The van der Waals surface area contributed by atoms with Crippen molar-refractivity contribution in [3.8, 4) is 16.9 Å². The maximum Gasteiger partial charge on any atom is 0.137 e. The Kier molecular flexibility index (Phi) is 3.47. The molecule has 1 N–H and O–H groups in total. The van der Waals surface area contributed by atoms with Crippen molar-refractivity contribution >= 4 is 49.2 Å². The van der Waals surface area contributed by atoms with Gasteiger partial charge in [0.25, 0.3) is 0 Å². The van der Waals surface area contributed by atoms with Crippen molar-refractivity contribution in [3.63, 3.8) is 0 Å². The monoisotopic (exact) mass is 383 g/mol. The molecule has 4 heteroatoms. The standard InChI is InChI=1S/C19H11BrClNO/c20-16-7-3-6-14(18(16)23)15-10-12-9-8-11-4-1-2-5-13(11)17(12)22-19(15)21/h1-10,23H. The first-order chi connectivity index (χ1) is 11.1. The molecule has 23 heavy (non-hydrogen) atoms. The van der Waals surface area contributed by atoms with Crippen molar-refractivity contribution in [1.82, 2.24) is 4.98 Å². The van der Waals surface area contributed by atoms with E-state index in [4.69, 9.17) is 11.6 Å². The Morgan fingerprint density at radius 1 is 0.870 bits per heavy atom. The zero-order chi connectivity index (χ0) is 16.0. The van der Waals surface area contributed by atoms with Crippen molar-refractivity contribution in [3.05, 3.63) is 70.3 Å². The van der Waals surface area contributed by atoms with Gasteiger partial charge in [-0.15, -0.1) is 0 Å². The molecule has 4 aromatic rings. The molecule has 0 saturated carbocycles. The van der Waals surface area contributed by atoms with E-state index in [0.29, 0.717) is 20.8 Å². The maximum absolute atomic E-state index is 10.3. The molecule has 0 bridgehead atoms. The van der Waals surface area contributed by atoms with E-state index >= 15 is 0 Å². The molecule has 0 aliphatic heterocycles. The van der Waals surface area contributed by atoms with E-state index in [0.717, 1.165) is 21.7 Å². The van der Waals surface area contributed by atoms with E-state index in [1.165, 1.54) is 0 Å². The van der Waals surface area contributed by atoms with Crippen LogP contribution in [-0.4, -0.2) is 10.1 Å². The molecule has 0 aliphatic rings. The highest BCUT2D eigenvalue weighted by atomic mass is 79.9. The predicted octanol–water partition coefficient (Wildman–Crippen LogP) is 6.18. The summed E-state index contributed by atoms with van der Waals surface area (Å²) in [7, 11) is 0. The van der Waals surface area contributed by atoms with Gasteiger partial charge in [0.05, 0.1) is 9.99 Å². The maximum atomic E-state index is 10.3. The number of benzene rings is 3. The first-order valence-electron chi connectivity index (χ1n) is 7.11. The van der Waals surface area contributed by atoms with Crippen LogP contribution in [0.25, 0.3) is 32.8 Å². The number of para-hydroxylation sites is 1. The molecule has 0 spiro atoms. The number of hydrogen-bond acceptors (Lipinski definition) is 2. The Morgan fingerprint density at radius 3 is 2.52 bits per heavy atom. The minimum absolute atomic E-state index is 0.163. The van der Waals surface area contributed by atoms with Crippen molar-refractivity contribution < 1.29 is 5.11 Å². The lowest BCUT2D eigenvalue weighted by Crippen LogP contribution is -1.88. The van der Waals surface area contributed by atoms with Crippen LogP contribution in [0.5, 0.6) is 5.75 Å². The summed E-state index contributed by atoms with van der Waals surface area (Å²) in [6.07, 6.45) is 0. The quantitative estimate of drug-likeness (QED) is 0.314. The average Bonchev–Trinajstić information content (AvgIpc) is 2.57. The molecule has 112 valence electrons. The third kappa shape index (κ3) is 2.37. The fourth-order valence-corrected chi connectivity index (χ4v) is 3.42. The van der Waals surface area contributed by atoms with Gasteiger partial charge in [-0.1, -0.05) is 60.1 Å². The summed E-state index contributed by atoms with van der Waals surface area (Å²) in [4.78, 5) is 4.59. The molecule has 0 aliphatic carbocycles. The number of nitrogens with zero attached hydrogens (tertiary/aromatic N) is 1. The van der Waals surface area contributed by atoms with Gasteiger partial charge < -0.3 is 5.11 Å². The van der Waals surface area contributed by atoms with Crippen LogP contribution in [0.2, 0.25) is 5.15 Å². The molecule has 0 amide bonds. The van der Waals surface area contributed by atoms with Gasteiger partial charge in [-0.25, -0.2) is 4.98 Å². The number of aromatic hydroxyl groups is 1. The lowest BCUT2D eigenvalue weighted by Gasteiger charge is -2.10. The van der Waals surface area contributed by atoms with Crippen molar-refractivity contribution in [2.75, 3.05) is 0 Å². The summed E-state index contributed by atoms with van der Waals surface area (Å²) in [5, 5.41) is 13.8. The average molecular weight is 385 g/mol. The third-order valence-electron chi connectivity index (χ3n) is 3.94. The van der Waals surface area contributed by atoms with E-state index in [-0.39, 0.29) is 5.75 Å². The Bertz CT molecular complexity index is 1060. The molecule has 3 aromatic carbocycles. The normalized spacial score (nSPS) is 11.2. The van der Waals surface area contributed by atoms with Crippen LogP contribution in [-0.2, 0) is 0 Å². The molecular weight excluding hydrogens is 374 g/mol. The fraction of sp³-hybridized carbons (Fsp3) is 0. The van der Waals surface area contributed by atoms with Crippen molar-refractivity contribution in [2.24, 2.45) is 0 Å². The number of aromatic nitrogens is 1. The summed E-state index contributed by atoms with van der Waals surface area (Å²) in [5.41, 5.74) is 2.24. The predicted molar refractivity (Wildman–Crippen MR) is 99.1 cm³/mol. The number of halogens is 2. The van der Waals surface area contributed by atoms with E-state index in [9.17, 15) is 5.11 Å². The van der Waals surface area contributed by atoms with Gasteiger partial charge in [-0.2, -0.15) is 0 Å². The molecule has 0 fully saturated rings. The number of hydrogen-bond donors (Lipinski definition) is 1. The second kappa shape index (κ2) is 5.52. The van der Waals surface area contributed by atoms with Gasteiger partial charge in [0.1, 0.15) is 10.9 Å². The molecular formula is C19H11BrClNO. The summed E-state index contributed by atoms with van der Waals surface area (Å²) in [6.45, 7) is 0. The molecule has 0 radical (unpaired) electrons. The number of fused-ring (bicyclic) bond motifs is 3. The molecule has 1 heterocycles. The Hall–Kier alpha value is -2.10. The minimum atomic E-state index is 0.163. The summed E-state index contributed by atoms with van der Waals surface area (Å²) in [5.74, 6) is 0.163. The zero-order valence-electron chi connectivity index (χ0n) is 11.9.